The molecule has 0 aliphatic heterocycles. The third-order valence-corrected chi connectivity index (χ3v) is 2.99. The fourth-order valence-electron chi connectivity index (χ4n) is 2.00. The van der Waals surface area contributed by atoms with E-state index in [1.807, 2.05) is 6.92 Å². The number of esters is 1. The summed E-state index contributed by atoms with van der Waals surface area (Å²) < 4.78 is 4.68. The second-order valence-corrected chi connectivity index (χ2v) is 3.88. The summed E-state index contributed by atoms with van der Waals surface area (Å²) in [4.78, 5) is 11.2. The van der Waals surface area contributed by atoms with Crippen molar-refractivity contribution in [3.63, 3.8) is 0 Å². The molecule has 1 fully saturated rings. The minimum Gasteiger partial charge on any atom is -0.469 e. The predicted octanol–water partition coefficient (Wildman–Crippen LogP) is 1.35. The highest BCUT2D eigenvalue weighted by Crippen LogP contribution is 2.31. The molecule has 1 rings (SSSR count). The summed E-state index contributed by atoms with van der Waals surface area (Å²) in [6.45, 7) is 1.82. The van der Waals surface area contributed by atoms with Gasteiger partial charge in [-0.2, -0.15) is 0 Å². The predicted molar refractivity (Wildman–Crippen MR) is 49.1 cm³/mol. The molecule has 0 heterocycles. The Bertz CT molecular complexity index is 169. The molecule has 0 aromatic rings. The fraction of sp³-hybridized carbons (Fsp3) is 0.900. The highest BCUT2D eigenvalue weighted by atomic mass is 16.5. The number of carbonyl (C=O) groups is 1. The number of methoxy groups -OCH3 is 1. The van der Waals surface area contributed by atoms with E-state index in [1.54, 1.807) is 0 Å². The van der Waals surface area contributed by atoms with Crippen LogP contribution in [0.2, 0.25) is 0 Å². The topological polar surface area (TPSA) is 46.5 Å². The number of carbonyl (C=O) groups excluding carboxylic acids is 1. The summed E-state index contributed by atoms with van der Waals surface area (Å²) in [5.74, 6) is 0.352. The van der Waals surface area contributed by atoms with E-state index in [9.17, 15) is 9.90 Å². The Balaban J connectivity index is 2.34. The highest BCUT2D eigenvalue weighted by Gasteiger charge is 2.28. The first kappa shape index (κ1) is 10.5. The number of rotatable bonds is 2. The molecule has 76 valence electrons. The van der Waals surface area contributed by atoms with Crippen molar-refractivity contribution in [3.8, 4) is 0 Å². The molecule has 0 aromatic heterocycles. The number of aliphatic hydroxyl groups excluding tert-OH is 1. The van der Waals surface area contributed by atoms with Crippen LogP contribution in [0.15, 0.2) is 0 Å². The second kappa shape index (κ2) is 4.61. The van der Waals surface area contributed by atoms with Gasteiger partial charge in [0.15, 0.2) is 0 Å². The molecule has 3 heteroatoms. The van der Waals surface area contributed by atoms with E-state index < -0.39 is 0 Å². The van der Waals surface area contributed by atoms with E-state index in [0.717, 1.165) is 25.7 Å². The molecule has 0 amide bonds. The molecular weight excluding hydrogens is 168 g/mol. The zero-order valence-electron chi connectivity index (χ0n) is 8.32. The van der Waals surface area contributed by atoms with E-state index in [-0.39, 0.29) is 18.0 Å². The molecule has 1 atom stereocenters. The van der Waals surface area contributed by atoms with Gasteiger partial charge in [-0.05, 0) is 38.5 Å². The summed E-state index contributed by atoms with van der Waals surface area (Å²) >= 11 is 0. The molecular formula is C10H18O3. The van der Waals surface area contributed by atoms with Crippen LogP contribution in [0.5, 0.6) is 0 Å². The fourth-order valence-corrected chi connectivity index (χ4v) is 2.00. The standard InChI is InChI=1S/C10H18O3/c1-7(11)8-3-5-9(6-4-8)10(12)13-2/h7-9,11H,3-6H2,1-2H3/t7-,8?,9?/m0/s1. The summed E-state index contributed by atoms with van der Waals surface area (Å²) in [5, 5.41) is 9.34. The largest absolute Gasteiger partial charge is 0.469 e. The number of ether oxygens (including phenoxy) is 1. The second-order valence-electron chi connectivity index (χ2n) is 3.88. The SMILES string of the molecule is COC(=O)C1CCC([C@H](C)O)CC1. The molecule has 3 nitrogen and oxygen atoms in total. The molecule has 0 radical (unpaired) electrons. The van der Waals surface area contributed by atoms with Gasteiger partial charge >= 0.3 is 5.97 Å². The van der Waals surface area contributed by atoms with Gasteiger partial charge in [0, 0.05) is 0 Å². The van der Waals surface area contributed by atoms with Gasteiger partial charge < -0.3 is 9.84 Å². The van der Waals surface area contributed by atoms with Gasteiger partial charge in [0.25, 0.3) is 0 Å². The average molecular weight is 186 g/mol. The van der Waals surface area contributed by atoms with Crippen LogP contribution in [0, 0.1) is 11.8 Å². The number of hydrogen-bond donors (Lipinski definition) is 1. The first-order valence-electron chi connectivity index (χ1n) is 4.91. The minimum absolute atomic E-state index is 0.0694. The van der Waals surface area contributed by atoms with Gasteiger partial charge in [-0.15, -0.1) is 0 Å². The highest BCUT2D eigenvalue weighted by molar-refractivity contribution is 5.72. The maximum atomic E-state index is 11.2. The minimum atomic E-state index is -0.237. The Hall–Kier alpha value is -0.570. The van der Waals surface area contributed by atoms with Gasteiger partial charge in [-0.3, -0.25) is 4.79 Å². The Morgan fingerprint density at radius 1 is 1.38 bits per heavy atom. The number of aliphatic hydroxyl groups is 1. The summed E-state index contributed by atoms with van der Waals surface area (Å²) in [6.07, 6.45) is 3.37. The lowest BCUT2D eigenvalue weighted by atomic mass is 9.80. The third kappa shape index (κ3) is 2.69. The van der Waals surface area contributed by atoms with Crippen molar-refractivity contribution in [3.05, 3.63) is 0 Å². The lowest BCUT2D eigenvalue weighted by Gasteiger charge is -2.28. The number of hydrogen-bond acceptors (Lipinski definition) is 3. The normalized spacial score (nSPS) is 31.0. The van der Waals surface area contributed by atoms with E-state index in [0.29, 0.717) is 5.92 Å². The first-order valence-corrected chi connectivity index (χ1v) is 4.91. The first-order chi connectivity index (χ1) is 6.15. The molecule has 1 N–H and O–H groups in total. The molecule has 0 bridgehead atoms. The zero-order valence-corrected chi connectivity index (χ0v) is 8.32. The van der Waals surface area contributed by atoms with E-state index >= 15 is 0 Å². The van der Waals surface area contributed by atoms with Crippen LogP contribution in [-0.2, 0) is 9.53 Å². The van der Waals surface area contributed by atoms with Crippen molar-refractivity contribution in [2.75, 3.05) is 7.11 Å². The Kier molecular flexibility index (Phi) is 3.72. The Morgan fingerprint density at radius 3 is 2.31 bits per heavy atom. The van der Waals surface area contributed by atoms with Crippen molar-refractivity contribution in [1.82, 2.24) is 0 Å². The summed E-state index contributed by atoms with van der Waals surface area (Å²) in [5.41, 5.74) is 0. The maximum absolute atomic E-state index is 11.2. The smallest absolute Gasteiger partial charge is 0.308 e. The van der Waals surface area contributed by atoms with Crippen LogP contribution < -0.4 is 0 Å². The molecule has 0 aromatic carbocycles. The summed E-state index contributed by atoms with van der Waals surface area (Å²) in [6, 6.07) is 0. The van der Waals surface area contributed by atoms with Crippen molar-refractivity contribution in [2.45, 2.75) is 38.7 Å². The zero-order chi connectivity index (χ0) is 9.84. The summed E-state index contributed by atoms with van der Waals surface area (Å²) in [7, 11) is 1.43. The molecule has 0 saturated heterocycles. The van der Waals surface area contributed by atoms with E-state index in [2.05, 4.69) is 4.74 Å². The third-order valence-electron chi connectivity index (χ3n) is 2.99. The Morgan fingerprint density at radius 2 is 1.92 bits per heavy atom. The van der Waals surface area contributed by atoms with E-state index in [1.165, 1.54) is 7.11 Å². The molecule has 1 aliphatic rings. The monoisotopic (exact) mass is 186 g/mol. The van der Waals surface area contributed by atoms with Crippen LogP contribution in [0.25, 0.3) is 0 Å². The van der Waals surface area contributed by atoms with Crippen molar-refractivity contribution < 1.29 is 14.6 Å². The molecule has 1 aliphatic carbocycles. The van der Waals surface area contributed by atoms with Crippen molar-refractivity contribution in [2.24, 2.45) is 11.8 Å². The lowest BCUT2D eigenvalue weighted by molar-refractivity contribution is -0.147. The van der Waals surface area contributed by atoms with Crippen LogP contribution in [0.4, 0.5) is 0 Å². The van der Waals surface area contributed by atoms with Gasteiger partial charge in [-0.25, -0.2) is 0 Å². The van der Waals surface area contributed by atoms with Crippen LogP contribution in [-0.4, -0.2) is 24.3 Å². The lowest BCUT2D eigenvalue weighted by Crippen LogP contribution is -2.27. The molecule has 0 spiro atoms. The van der Waals surface area contributed by atoms with Crippen molar-refractivity contribution >= 4 is 5.97 Å². The maximum Gasteiger partial charge on any atom is 0.308 e. The quantitative estimate of drug-likeness (QED) is 0.662. The van der Waals surface area contributed by atoms with Crippen LogP contribution in [0.3, 0.4) is 0 Å². The molecule has 0 unspecified atom stereocenters. The van der Waals surface area contributed by atoms with Gasteiger partial charge in [0.1, 0.15) is 0 Å². The van der Waals surface area contributed by atoms with Gasteiger partial charge in [0.05, 0.1) is 19.1 Å². The van der Waals surface area contributed by atoms with Crippen LogP contribution in [0.1, 0.15) is 32.6 Å². The molecule has 13 heavy (non-hydrogen) atoms. The van der Waals surface area contributed by atoms with Crippen molar-refractivity contribution in [1.29, 1.82) is 0 Å². The van der Waals surface area contributed by atoms with Gasteiger partial charge in [-0.1, -0.05) is 0 Å². The molecule has 1 saturated carbocycles. The average Bonchev–Trinajstić information content (AvgIpc) is 2.17. The van der Waals surface area contributed by atoms with E-state index in [4.69, 9.17) is 0 Å². The Labute approximate surface area is 79.1 Å². The van der Waals surface area contributed by atoms with Gasteiger partial charge in [0.2, 0.25) is 0 Å². The van der Waals surface area contributed by atoms with Crippen LogP contribution >= 0.6 is 0 Å².